The molecule has 3 rings (SSSR count). The second-order valence-electron chi connectivity index (χ2n) is 7.77. The van der Waals surface area contributed by atoms with Gasteiger partial charge in [0.25, 0.3) is 11.8 Å². The van der Waals surface area contributed by atoms with E-state index in [4.69, 9.17) is 0 Å². The Morgan fingerprint density at radius 2 is 1.81 bits per heavy atom. The van der Waals surface area contributed by atoms with E-state index in [1.54, 1.807) is 6.92 Å². The lowest BCUT2D eigenvalue weighted by Crippen LogP contribution is -2.50. The van der Waals surface area contributed by atoms with Crippen molar-refractivity contribution < 1.29 is 32.3 Å². The van der Waals surface area contributed by atoms with E-state index in [1.165, 1.54) is 19.1 Å². The molecule has 166 valence electrons. The molecule has 0 aliphatic carbocycles. The molecule has 0 saturated carbocycles. The van der Waals surface area contributed by atoms with E-state index in [9.17, 15) is 32.3 Å². The summed E-state index contributed by atoms with van der Waals surface area (Å²) in [6, 6.07) is 6.16. The zero-order chi connectivity index (χ0) is 22.9. The molecule has 2 atom stereocenters. The van der Waals surface area contributed by atoms with Crippen LogP contribution >= 0.6 is 0 Å². The highest BCUT2D eigenvalue weighted by Crippen LogP contribution is 2.34. The number of likely N-dealkylation sites (tertiary alicyclic amines) is 1. The number of carbonyl (C=O) groups excluding carboxylic acids is 2. The first-order valence-electron chi connectivity index (χ1n) is 9.73. The number of nitrogens with one attached hydrogen (secondary N) is 1. The van der Waals surface area contributed by atoms with Crippen LogP contribution in [0, 0.1) is 24.5 Å². The van der Waals surface area contributed by atoms with Crippen LogP contribution in [0.25, 0.3) is 0 Å². The van der Waals surface area contributed by atoms with Crippen LogP contribution in [-0.2, 0) is 10.7 Å². The van der Waals surface area contributed by atoms with Crippen LogP contribution in [0.2, 0.25) is 0 Å². The number of alkyl halides is 2. The SMILES string of the molecule is Cc1cc(NC(=O)c2ccc(F)c(C(F)(F)C(=O)N3CCC(O)C(C)C3)c2)ccc1F. The van der Waals surface area contributed by atoms with Gasteiger partial charge in [-0.2, -0.15) is 8.78 Å². The van der Waals surface area contributed by atoms with Crippen molar-refractivity contribution in [2.45, 2.75) is 32.3 Å². The van der Waals surface area contributed by atoms with Crippen LogP contribution in [0.5, 0.6) is 0 Å². The first kappa shape index (κ1) is 22.7. The molecule has 0 radical (unpaired) electrons. The predicted molar refractivity (Wildman–Crippen MR) is 106 cm³/mol. The Labute approximate surface area is 176 Å². The number of aliphatic hydroxyl groups is 1. The van der Waals surface area contributed by atoms with Gasteiger partial charge in [-0.05, 0) is 61.2 Å². The molecule has 1 heterocycles. The summed E-state index contributed by atoms with van der Waals surface area (Å²) in [4.78, 5) is 25.8. The predicted octanol–water partition coefficient (Wildman–Crippen LogP) is 3.85. The van der Waals surface area contributed by atoms with Crippen LogP contribution in [0.3, 0.4) is 0 Å². The minimum absolute atomic E-state index is 0.0777. The molecular formula is C22H22F4N2O3. The number of piperidine rings is 1. The number of aryl methyl sites for hydroxylation is 1. The molecule has 2 amide bonds. The molecule has 2 unspecified atom stereocenters. The fraction of sp³-hybridized carbons (Fsp3) is 0.364. The molecule has 1 aliphatic heterocycles. The fourth-order valence-corrected chi connectivity index (χ4v) is 3.46. The third kappa shape index (κ3) is 4.71. The number of aliphatic hydroxyl groups excluding tert-OH is 1. The van der Waals surface area contributed by atoms with Crippen LogP contribution in [0.15, 0.2) is 36.4 Å². The van der Waals surface area contributed by atoms with Crippen LogP contribution in [-0.4, -0.2) is 41.0 Å². The molecule has 0 bridgehead atoms. The Bertz CT molecular complexity index is 1010. The molecule has 0 spiro atoms. The van der Waals surface area contributed by atoms with Crippen molar-refractivity contribution in [1.82, 2.24) is 4.90 Å². The van der Waals surface area contributed by atoms with Gasteiger partial charge in [0.2, 0.25) is 0 Å². The number of carbonyl (C=O) groups is 2. The lowest BCUT2D eigenvalue weighted by Gasteiger charge is -2.36. The fourth-order valence-electron chi connectivity index (χ4n) is 3.46. The number of nitrogens with zero attached hydrogens (tertiary/aromatic N) is 1. The normalized spacial score (nSPS) is 19.3. The van der Waals surface area contributed by atoms with E-state index < -0.39 is 47.0 Å². The third-order valence-corrected chi connectivity index (χ3v) is 5.40. The maximum absolute atomic E-state index is 14.9. The first-order valence-corrected chi connectivity index (χ1v) is 9.73. The molecule has 1 saturated heterocycles. The zero-order valence-corrected chi connectivity index (χ0v) is 17.0. The number of hydrogen-bond acceptors (Lipinski definition) is 3. The molecule has 1 aliphatic rings. The van der Waals surface area contributed by atoms with E-state index in [0.29, 0.717) is 12.1 Å². The van der Waals surface area contributed by atoms with Crippen molar-refractivity contribution in [1.29, 1.82) is 0 Å². The molecule has 2 aromatic carbocycles. The molecule has 5 nitrogen and oxygen atoms in total. The summed E-state index contributed by atoms with van der Waals surface area (Å²) in [6.07, 6.45) is -0.554. The molecule has 31 heavy (non-hydrogen) atoms. The highest BCUT2D eigenvalue weighted by molar-refractivity contribution is 6.04. The molecule has 0 aromatic heterocycles. The lowest BCUT2D eigenvalue weighted by molar-refractivity contribution is -0.163. The number of hydrogen-bond donors (Lipinski definition) is 2. The Balaban J connectivity index is 1.84. The summed E-state index contributed by atoms with van der Waals surface area (Å²) in [5, 5.41) is 12.2. The molecule has 1 fully saturated rings. The molecule has 9 heteroatoms. The summed E-state index contributed by atoms with van der Waals surface area (Å²) < 4.78 is 57.5. The summed E-state index contributed by atoms with van der Waals surface area (Å²) in [7, 11) is 0. The van der Waals surface area contributed by atoms with E-state index in [2.05, 4.69) is 5.32 Å². The second kappa shape index (κ2) is 8.66. The quantitative estimate of drug-likeness (QED) is 0.713. The average Bonchev–Trinajstić information content (AvgIpc) is 2.72. The molecule has 2 N–H and O–H groups in total. The monoisotopic (exact) mass is 438 g/mol. The summed E-state index contributed by atoms with van der Waals surface area (Å²) >= 11 is 0. The molecule has 2 aromatic rings. The van der Waals surface area contributed by atoms with Gasteiger partial charge in [0.15, 0.2) is 0 Å². The van der Waals surface area contributed by atoms with Crippen LogP contribution < -0.4 is 5.32 Å². The molecular weight excluding hydrogens is 416 g/mol. The van der Waals surface area contributed by atoms with Crippen molar-refractivity contribution >= 4 is 17.5 Å². The third-order valence-electron chi connectivity index (χ3n) is 5.40. The van der Waals surface area contributed by atoms with Gasteiger partial charge >= 0.3 is 5.92 Å². The number of amides is 2. The second-order valence-corrected chi connectivity index (χ2v) is 7.77. The van der Waals surface area contributed by atoms with Crippen molar-refractivity contribution in [3.63, 3.8) is 0 Å². The maximum atomic E-state index is 14.9. The van der Waals surface area contributed by atoms with Crippen molar-refractivity contribution in [2.24, 2.45) is 5.92 Å². The highest BCUT2D eigenvalue weighted by atomic mass is 19.3. The van der Waals surface area contributed by atoms with Crippen LogP contribution in [0.4, 0.5) is 23.2 Å². The van der Waals surface area contributed by atoms with Crippen molar-refractivity contribution in [2.75, 3.05) is 18.4 Å². The number of benzene rings is 2. The van der Waals surface area contributed by atoms with Gasteiger partial charge in [-0.1, -0.05) is 6.92 Å². The van der Waals surface area contributed by atoms with Gasteiger partial charge in [-0.3, -0.25) is 9.59 Å². The van der Waals surface area contributed by atoms with E-state index >= 15 is 0 Å². The zero-order valence-electron chi connectivity index (χ0n) is 17.0. The van der Waals surface area contributed by atoms with Gasteiger partial charge < -0.3 is 15.3 Å². The summed E-state index contributed by atoms with van der Waals surface area (Å²) in [5.41, 5.74) is -0.985. The topological polar surface area (TPSA) is 69.6 Å². The standard InChI is InChI=1S/C22H22F4N2O3/c1-12-9-15(4-6-17(12)23)27-20(30)14-3-5-18(24)16(10-14)22(25,26)21(31)28-8-7-19(29)13(2)11-28/h3-6,9-10,13,19,29H,7-8,11H2,1-2H3,(H,27,30). The van der Waals surface area contributed by atoms with Gasteiger partial charge in [-0.25, -0.2) is 8.78 Å². The van der Waals surface area contributed by atoms with Crippen molar-refractivity contribution in [3.8, 4) is 0 Å². The van der Waals surface area contributed by atoms with E-state index in [0.717, 1.165) is 17.0 Å². The van der Waals surface area contributed by atoms with Gasteiger partial charge in [0, 0.05) is 24.3 Å². The maximum Gasteiger partial charge on any atom is 0.352 e. The van der Waals surface area contributed by atoms with Crippen LogP contribution in [0.1, 0.15) is 34.8 Å². The number of halogens is 4. The Morgan fingerprint density at radius 3 is 2.45 bits per heavy atom. The summed E-state index contributed by atoms with van der Waals surface area (Å²) in [6.45, 7) is 2.96. The van der Waals surface area contributed by atoms with Gasteiger partial charge in [0.1, 0.15) is 11.6 Å². The lowest BCUT2D eigenvalue weighted by atomic mass is 9.95. The first-order chi connectivity index (χ1) is 14.5. The largest absolute Gasteiger partial charge is 0.393 e. The van der Waals surface area contributed by atoms with Gasteiger partial charge in [-0.15, -0.1) is 0 Å². The average molecular weight is 438 g/mol. The summed E-state index contributed by atoms with van der Waals surface area (Å²) in [5.74, 6) is -8.79. The highest BCUT2D eigenvalue weighted by Gasteiger charge is 2.47. The Kier molecular flexibility index (Phi) is 6.35. The van der Waals surface area contributed by atoms with Crippen molar-refractivity contribution in [3.05, 3.63) is 64.7 Å². The van der Waals surface area contributed by atoms with E-state index in [-0.39, 0.29) is 36.3 Å². The number of anilines is 1. The van der Waals surface area contributed by atoms with E-state index in [1.807, 2.05) is 0 Å². The Morgan fingerprint density at radius 1 is 1.13 bits per heavy atom. The minimum atomic E-state index is -4.20. The Hall–Kier alpha value is -2.94. The minimum Gasteiger partial charge on any atom is -0.393 e. The number of rotatable bonds is 4. The van der Waals surface area contributed by atoms with Gasteiger partial charge in [0.05, 0.1) is 11.7 Å². The smallest absolute Gasteiger partial charge is 0.352 e.